The van der Waals surface area contributed by atoms with Gasteiger partial charge >= 0.3 is 6.18 Å². The van der Waals surface area contributed by atoms with Gasteiger partial charge in [-0.05, 0) is 39.7 Å². The number of alkyl halides is 3. The van der Waals surface area contributed by atoms with Gasteiger partial charge in [0.1, 0.15) is 0 Å². The van der Waals surface area contributed by atoms with Crippen molar-refractivity contribution in [2.45, 2.75) is 12.7 Å². The van der Waals surface area contributed by atoms with Crippen LogP contribution in [0.2, 0.25) is 0 Å². The number of nitrogens with one attached hydrogen (secondary N) is 1. The highest BCUT2D eigenvalue weighted by atomic mass is 79.9. The highest BCUT2D eigenvalue weighted by Crippen LogP contribution is 2.29. The summed E-state index contributed by atoms with van der Waals surface area (Å²) in [6.45, 7) is 0.300. The van der Waals surface area contributed by atoms with Crippen molar-refractivity contribution < 1.29 is 13.2 Å². The van der Waals surface area contributed by atoms with Crippen molar-refractivity contribution in [2.75, 3.05) is 5.32 Å². The molecular formula is C13H10BrF3N2. The number of hydrogen-bond acceptors (Lipinski definition) is 2. The second-order valence-electron chi connectivity index (χ2n) is 3.91. The topological polar surface area (TPSA) is 24.9 Å². The number of pyridine rings is 1. The second-order valence-corrected chi connectivity index (χ2v) is 4.76. The third-order valence-electron chi connectivity index (χ3n) is 2.51. The molecule has 0 radical (unpaired) electrons. The maximum Gasteiger partial charge on any atom is 0.416 e. The molecule has 1 heterocycles. The zero-order valence-corrected chi connectivity index (χ0v) is 11.3. The summed E-state index contributed by atoms with van der Waals surface area (Å²) in [5, 5.41) is 3.03. The molecule has 0 aliphatic heterocycles. The molecule has 6 heteroatoms. The van der Waals surface area contributed by atoms with Gasteiger partial charge in [0.25, 0.3) is 0 Å². The van der Waals surface area contributed by atoms with E-state index in [1.54, 1.807) is 24.5 Å². The molecule has 0 aliphatic rings. The molecule has 0 saturated heterocycles. The number of benzene rings is 1. The Balaban J connectivity index is 2.10. The van der Waals surface area contributed by atoms with Crippen LogP contribution in [-0.4, -0.2) is 4.98 Å². The summed E-state index contributed by atoms with van der Waals surface area (Å²) >= 11 is 3.33. The third kappa shape index (κ3) is 3.70. The molecule has 2 rings (SSSR count). The molecule has 0 fully saturated rings. The van der Waals surface area contributed by atoms with E-state index >= 15 is 0 Å². The molecule has 0 unspecified atom stereocenters. The van der Waals surface area contributed by atoms with E-state index < -0.39 is 11.7 Å². The van der Waals surface area contributed by atoms with Gasteiger partial charge in [-0.25, -0.2) is 0 Å². The molecule has 0 aliphatic carbocycles. The third-order valence-corrected chi connectivity index (χ3v) is 3.20. The first-order chi connectivity index (χ1) is 8.97. The Hall–Kier alpha value is -1.56. The second kappa shape index (κ2) is 5.61. The lowest BCUT2D eigenvalue weighted by atomic mass is 10.1. The fourth-order valence-corrected chi connectivity index (χ4v) is 1.92. The molecular weight excluding hydrogens is 321 g/mol. The van der Waals surface area contributed by atoms with E-state index in [0.29, 0.717) is 12.1 Å². The Kier molecular flexibility index (Phi) is 4.09. The van der Waals surface area contributed by atoms with Crippen molar-refractivity contribution in [2.24, 2.45) is 0 Å². The summed E-state index contributed by atoms with van der Waals surface area (Å²) in [5.41, 5.74) is 0.655. The zero-order valence-electron chi connectivity index (χ0n) is 9.71. The van der Waals surface area contributed by atoms with Crippen molar-refractivity contribution in [1.82, 2.24) is 4.98 Å². The van der Waals surface area contributed by atoms with E-state index in [0.717, 1.165) is 22.3 Å². The van der Waals surface area contributed by atoms with Crippen LogP contribution < -0.4 is 5.32 Å². The number of aromatic nitrogens is 1. The van der Waals surface area contributed by atoms with Gasteiger partial charge in [-0.3, -0.25) is 4.98 Å². The molecule has 1 N–H and O–H groups in total. The highest BCUT2D eigenvalue weighted by molar-refractivity contribution is 9.10. The van der Waals surface area contributed by atoms with Crippen molar-refractivity contribution >= 4 is 21.6 Å². The Morgan fingerprint density at radius 1 is 1.21 bits per heavy atom. The first-order valence-electron chi connectivity index (χ1n) is 5.46. The summed E-state index contributed by atoms with van der Waals surface area (Å²) < 4.78 is 38.5. The van der Waals surface area contributed by atoms with Crippen LogP contribution in [0.4, 0.5) is 18.9 Å². The summed E-state index contributed by atoms with van der Waals surface area (Å²) in [6.07, 6.45) is -1.08. The Morgan fingerprint density at radius 2 is 2.00 bits per heavy atom. The lowest BCUT2D eigenvalue weighted by Crippen LogP contribution is -2.07. The average Bonchev–Trinajstić information content (AvgIpc) is 2.37. The van der Waals surface area contributed by atoms with Gasteiger partial charge < -0.3 is 5.32 Å². The molecule has 1 aromatic heterocycles. The van der Waals surface area contributed by atoms with Crippen LogP contribution in [0.5, 0.6) is 0 Å². The van der Waals surface area contributed by atoms with Gasteiger partial charge in [0, 0.05) is 17.2 Å². The van der Waals surface area contributed by atoms with E-state index in [4.69, 9.17) is 0 Å². The highest BCUT2D eigenvalue weighted by Gasteiger charge is 2.30. The number of rotatable bonds is 3. The largest absolute Gasteiger partial charge is 0.416 e. The van der Waals surface area contributed by atoms with Crippen LogP contribution in [0.1, 0.15) is 11.1 Å². The van der Waals surface area contributed by atoms with Gasteiger partial charge in [-0.2, -0.15) is 13.2 Å². The van der Waals surface area contributed by atoms with Crippen molar-refractivity contribution in [3.05, 3.63) is 58.3 Å². The van der Waals surface area contributed by atoms with Gasteiger partial charge in [0.15, 0.2) is 0 Å². The summed E-state index contributed by atoms with van der Waals surface area (Å²) in [4.78, 5) is 3.94. The first-order valence-corrected chi connectivity index (χ1v) is 6.25. The van der Waals surface area contributed by atoms with Gasteiger partial charge in [0.05, 0.1) is 17.4 Å². The fourth-order valence-electron chi connectivity index (χ4n) is 1.56. The number of anilines is 1. The summed E-state index contributed by atoms with van der Waals surface area (Å²) in [5.74, 6) is 0. The zero-order chi connectivity index (χ0) is 13.9. The SMILES string of the molecule is FC(F)(F)c1cccc(CNc2cnccc2Br)c1. The predicted octanol–water partition coefficient (Wildman–Crippen LogP) is 4.48. The minimum absolute atomic E-state index is 0.300. The van der Waals surface area contributed by atoms with Gasteiger partial charge in [0.2, 0.25) is 0 Å². The predicted molar refractivity (Wildman–Crippen MR) is 70.7 cm³/mol. The minimum Gasteiger partial charge on any atom is -0.379 e. The maximum absolute atomic E-state index is 12.6. The molecule has 1 aromatic carbocycles. The van der Waals surface area contributed by atoms with E-state index in [1.807, 2.05) is 0 Å². The van der Waals surface area contributed by atoms with Crippen LogP contribution in [0, 0.1) is 0 Å². The molecule has 2 aromatic rings. The van der Waals surface area contributed by atoms with Crippen molar-refractivity contribution in [3.63, 3.8) is 0 Å². The Bertz CT molecular complexity index is 570. The minimum atomic E-state index is -4.31. The average molecular weight is 331 g/mol. The Morgan fingerprint density at radius 3 is 2.68 bits per heavy atom. The normalized spacial score (nSPS) is 11.4. The van der Waals surface area contributed by atoms with Crippen LogP contribution in [-0.2, 0) is 12.7 Å². The number of nitrogens with zero attached hydrogens (tertiary/aromatic N) is 1. The smallest absolute Gasteiger partial charge is 0.379 e. The van der Waals surface area contributed by atoms with Crippen molar-refractivity contribution in [3.8, 4) is 0 Å². The van der Waals surface area contributed by atoms with Gasteiger partial charge in [-0.1, -0.05) is 12.1 Å². The molecule has 0 atom stereocenters. The van der Waals surface area contributed by atoms with Crippen LogP contribution in [0.3, 0.4) is 0 Å². The maximum atomic E-state index is 12.6. The van der Waals surface area contributed by atoms with E-state index in [9.17, 15) is 13.2 Å². The summed E-state index contributed by atoms with van der Waals surface area (Å²) in [7, 11) is 0. The molecule has 2 nitrogen and oxygen atoms in total. The molecule has 0 spiro atoms. The molecule has 0 bridgehead atoms. The Labute approximate surface area is 116 Å². The standard InChI is InChI=1S/C13H10BrF3N2/c14-11-4-5-18-8-12(11)19-7-9-2-1-3-10(6-9)13(15,16)17/h1-6,8,19H,7H2. The number of hydrogen-bond donors (Lipinski definition) is 1. The van der Waals surface area contributed by atoms with Crippen LogP contribution in [0.25, 0.3) is 0 Å². The lowest BCUT2D eigenvalue weighted by molar-refractivity contribution is -0.137. The van der Waals surface area contributed by atoms with E-state index in [1.165, 1.54) is 6.07 Å². The van der Waals surface area contributed by atoms with E-state index in [2.05, 4.69) is 26.2 Å². The van der Waals surface area contributed by atoms with Gasteiger partial charge in [-0.15, -0.1) is 0 Å². The first kappa shape index (κ1) is 13.9. The molecule has 0 saturated carbocycles. The van der Waals surface area contributed by atoms with Crippen LogP contribution >= 0.6 is 15.9 Å². The van der Waals surface area contributed by atoms with Crippen molar-refractivity contribution in [1.29, 1.82) is 0 Å². The van der Waals surface area contributed by atoms with E-state index in [-0.39, 0.29) is 0 Å². The lowest BCUT2D eigenvalue weighted by Gasteiger charge is -2.10. The summed E-state index contributed by atoms with van der Waals surface area (Å²) in [6, 6.07) is 7.00. The quantitative estimate of drug-likeness (QED) is 0.897. The van der Waals surface area contributed by atoms with Crippen LogP contribution in [0.15, 0.2) is 47.2 Å². The monoisotopic (exact) mass is 330 g/mol. The fraction of sp³-hybridized carbons (Fsp3) is 0.154. The molecule has 0 amide bonds. The molecule has 100 valence electrons. The molecule has 19 heavy (non-hydrogen) atoms. The number of halogens is 4.